The Morgan fingerprint density at radius 3 is 2.93 bits per heavy atom. The summed E-state index contributed by atoms with van der Waals surface area (Å²) in [7, 11) is 0. The van der Waals surface area contributed by atoms with Gasteiger partial charge in [-0.05, 0) is 19.1 Å². The van der Waals surface area contributed by atoms with Crippen molar-refractivity contribution in [2.45, 2.75) is 13.3 Å². The number of ether oxygens (including phenoxy) is 1. The first-order valence-electron chi connectivity index (χ1n) is 4.56. The van der Waals surface area contributed by atoms with Crippen LogP contribution in [0.25, 0.3) is 0 Å². The maximum Gasteiger partial charge on any atom is 0.312 e. The van der Waals surface area contributed by atoms with Gasteiger partial charge in [-0.1, -0.05) is 11.2 Å². The van der Waals surface area contributed by atoms with E-state index in [1.807, 2.05) is 0 Å². The molecule has 5 heteroatoms. The van der Waals surface area contributed by atoms with Crippen LogP contribution >= 0.6 is 0 Å². The quantitative estimate of drug-likeness (QED) is 0.349. The van der Waals surface area contributed by atoms with Crippen LogP contribution in [-0.4, -0.2) is 28.5 Å². The van der Waals surface area contributed by atoms with Crippen LogP contribution in [-0.2, 0) is 9.53 Å². The van der Waals surface area contributed by atoms with Crippen molar-refractivity contribution in [1.29, 1.82) is 0 Å². The van der Waals surface area contributed by atoms with E-state index >= 15 is 0 Å². The zero-order valence-electron chi connectivity index (χ0n) is 8.38. The Hall–Kier alpha value is -1.91. The molecule has 0 bridgehead atoms. The first-order chi connectivity index (χ1) is 7.27. The van der Waals surface area contributed by atoms with Gasteiger partial charge in [0.05, 0.1) is 18.7 Å². The highest BCUT2D eigenvalue weighted by Crippen LogP contribution is 2.01. The molecule has 0 unspecified atom stereocenters. The van der Waals surface area contributed by atoms with E-state index in [-0.39, 0.29) is 12.1 Å². The van der Waals surface area contributed by atoms with Crippen LogP contribution in [0.2, 0.25) is 0 Å². The Kier molecular flexibility index (Phi) is 4.28. The minimum Gasteiger partial charge on any atom is -0.466 e. The molecule has 0 saturated carbocycles. The highest BCUT2D eigenvalue weighted by atomic mass is 16.5. The summed E-state index contributed by atoms with van der Waals surface area (Å²) in [4.78, 5) is 15.1. The summed E-state index contributed by atoms with van der Waals surface area (Å²) in [5, 5.41) is 11.8. The molecule has 1 rings (SSSR count). The van der Waals surface area contributed by atoms with E-state index in [4.69, 9.17) is 9.94 Å². The van der Waals surface area contributed by atoms with Gasteiger partial charge in [0.1, 0.15) is 5.71 Å². The van der Waals surface area contributed by atoms with E-state index in [9.17, 15) is 4.79 Å². The second kappa shape index (κ2) is 5.74. The maximum absolute atomic E-state index is 11.1. The Bertz CT molecular complexity index is 349. The summed E-state index contributed by atoms with van der Waals surface area (Å²) >= 11 is 0. The smallest absolute Gasteiger partial charge is 0.312 e. The lowest BCUT2D eigenvalue weighted by Gasteiger charge is -2.03. The zero-order chi connectivity index (χ0) is 11.1. The van der Waals surface area contributed by atoms with E-state index in [0.29, 0.717) is 12.3 Å². The summed E-state index contributed by atoms with van der Waals surface area (Å²) in [6.45, 7) is 2.02. The molecule has 0 fully saturated rings. The molecule has 0 saturated heterocycles. The number of pyridine rings is 1. The molecule has 1 aromatic rings. The largest absolute Gasteiger partial charge is 0.466 e. The molecule has 1 N–H and O–H groups in total. The number of carbonyl (C=O) groups is 1. The number of rotatable bonds is 4. The van der Waals surface area contributed by atoms with Crippen molar-refractivity contribution in [2.75, 3.05) is 6.61 Å². The standard InChI is InChI=1S/C10H12N2O3/c1-2-15-10(13)7-9(12-14)8-5-3-4-6-11-8/h3-6,14H,2,7H2,1H3. The predicted octanol–water partition coefficient (Wildman–Crippen LogP) is 1.21. The van der Waals surface area contributed by atoms with Gasteiger partial charge in [-0.25, -0.2) is 0 Å². The second-order valence-corrected chi connectivity index (χ2v) is 2.74. The fourth-order valence-corrected chi connectivity index (χ4v) is 1.06. The molecular formula is C10H12N2O3. The molecule has 0 radical (unpaired) electrons. The third kappa shape index (κ3) is 3.38. The van der Waals surface area contributed by atoms with Crippen molar-refractivity contribution < 1.29 is 14.7 Å². The Balaban J connectivity index is 2.70. The number of hydrogen-bond acceptors (Lipinski definition) is 5. The van der Waals surface area contributed by atoms with Gasteiger partial charge in [0, 0.05) is 6.20 Å². The topological polar surface area (TPSA) is 71.8 Å². The first-order valence-corrected chi connectivity index (χ1v) is 4.56. The van der Waals surface area contributed by atoms with Crippen molar-refractivity contribution in [3.05, 3.63) is 30.1 Å². The van der Waals surface area contributed by atoms with Gasteiger partial charge in [-0.2, -0.15) is 0 Å². The number of aromatic nitrogens is 1. The molecule has 0 aliphatic carbocycles. The molecule has 0 aliphatic heterocycles. The van der Waals surface area contributed by atoms with Gasteiger partial charge in [-0.3, -0.25) is 9.78 Å². The van der Waals surface area contributed by atoms with Crippen LogP contribution in [0.5, 0.6) is 0 Å². The molecule has 0 aromatic carbocycles. The maximum atomic E-state index is 11.1. The lowest BCUT2D eigenvalue weighted by Crippen LogP contribution is -2.13. The Labute approximate surface area is 87.4 Å². The fraction of sp³-hybridized carbons (Fsp3) is 0.300. The molecule has 5 nitrogen and oxygen atoms in total. The molecule has 1 heterocycles. The van der Waals surface area contributed by atoms with E-state index < -0.39 is 5.97 Å². The lowest BCUT2D eigenvalue weighted by molar-refractivity contribution is -0.141. The molecule has 0 atom stereocenters. The average Bonchev–Trinajstić information content (AvgIpc) is 2.27. The van der Waals surface area contributed by atoms with E-state index in [2.05, 4.69) is 10.1 Å². The van der Waals surface area contributed by atoms with E-state index in [1.165, 1.54) is 0 Å². The minimum absolute atomic E-state index is 0.0820. The Morgan fingerprint density at radius 2 is 2.40 bits per heavy atom. The predicted molar refractivity (Wildman–Crippen MR) is 53.8 cm³/mol. The molecule has 0 aliphatic rings. The molecule has 15 heavy (non-hydrogen) atoms. The first kappa shape index (κ1) is 11.2. The highest BCUT2D eigenvalue weighted by Gasteiger charge is 2.11. The van der Waals surface area contributed by atoms with Crippen LogP contribution in [0.15, 0.2) is 29.6 Å². The van der Waals surface area contributed by atoms with Gasteiger partial charge >= 0.3 is 5.97 Å². The normalized spacial score (nSPS) is 11.1. The summed E-state index contributed by atoms with van der Waals surface area (Å²) in [5.74, 6) is -0.434. The van der Waals surface area contributed by atoms with Crippen molar-refractivity contribution >= 4 is 11.7 Å². The molecule has 80 valence electrons. The van der Waals surface area contributed by atoms with Crippen molar-refractivity contribution in [3.8, 4) is 0 Å². The fourth-order valence-electron chi connectivity index (χ4n) is 1.06. The number of hydrogen-bond donors (Lipinski definition) is 1. The third-order valence-corrected chi connectivity index (χ3v) is 1.70. The van der Waals surface area contributed by atoms with Crippen LogP contribution in [0.1, 0.15) is 19.0 Å². The molecule has 1 aromatic heterocycles. The van der Waals surface area contributed by atoms with Gasteiger partial charge in [0.25, 0.3) is 0 Å². The summed E-state index contributed by atoms with van der Waals surface area (Å²) < 4.78 is 4.74. The summed E-state index contributed by atoms with van der Waals surface area (Å²) in [6, 6.07) is 5.15. The van der Waals surface area contributed by atoms with Crippen molar-refractivity contribution in [3.63, 3.8) is 0 Å². The monoisotopic (exact) mass is 208 g/mol. The van der Waals surface area contributed by atoms with Crippen molar-refractivity contribution in [1.82, 2.24) is 4.98 Å². The van der Waals surface area contributed by atoms with Gasteiger partial charge in [-0.15, -0.1) is 0 Å². The minimum atomic E-state index is -0.434. The Morgan fingerprint density at radius 1 is 1.60 bits per heavy atom. The van der Waals surface area contributed by atoms with Gasteiger partial charge < -0.3 is 9.94 Å². The number of carbonyl (C=O) groups excluding carboxylic acids is 1. The molecule has 0 spiro atoms. The van der Waals surface area contributed by atoms with Crippen LogP contribution in [0.4, 0.5) is 0 Å². The van der Waals surface area contributed by atoms with Crippen LogP contribution in [0.3, 0.4) is 0 Å². The highest BCUT2D eigenvalue weighted by molar-refractivity contribution is 6.07. The van der Waals surface area contributed by atoms with E-state index in [0.717, 1.165) is 0 Å². The van der Waals surface area contributed by atoms with Crippen LogP contribution < -0.4 is 0 Å². The van der Waals surface area contributed by atoms with Gasteiger partial charge in [0.15, 0.2) is 0 Å². The summed E-state index contributed by atoms with van der Waals surface area (Å²) in [6.07, 6.45) is 1.48. The SMILES string of the molecule is CCOC(=O)CC(=NO)c1ccccn1. The molecular weight excluding hydrogens is 196 g/mol. The van der Waals surface area contributed by atoms with Gasteiger partial charge in [0.2, 0.25) is 0 Å². The summed E-state index contributed by atoms with van der Waals surface area (Å²) in [5.41, 5.74) is 0.669. The van der Waals surface area contributed by atoms with Crippen molar-refractivity contribution in [2.24, 2.45) is 5.16 Å². The number of esters is 1. The molecule has 0 amide bonds. The average molecular weight is 208 g/mol. The third-order valence-electron chi connectivity index (χ3n) is 1.70. The lowest BCUT2D eigenvalue weighted by atomic mass is 10.2. The van der Waals surface area contributed by atoms with E-state index in [1.54, 1.807) is 31.3 Å². The van der Waals surface area contributed by atoms with Crippen LogP contribution in [0, 0.1) is 0 Å². The number of nitrogens with zero attached hydrogens (tertiary/aromatic N) is 2. The second-order valence-electron chi connectivity index (χ2n) is 2.74. The number of oxime groups is 1. The zero-order valence-corrected chi connectivity index (χ0v) is 8.38.